The molecule has 4 rings (SSSR count). The summed E-state index contributed by atoms with van der Waals surface area (Å²) in [5.41, 5.74) is 6.90. The molecule has 0 radical (unpaired) electrons. The first kappa shape index (κ1) is 22.7. The number of aromatic amines is 1. The molecule has 1 aliphatic heterocycles. The predicted molar refractivity (Wildman–Crippen MR) is 126 cm³/mol. The maximum Gasteiger partial charge on any atom is 0.350 e. The second-order valence-electron chi connectivity index (χ2n) is 7.24. The van der Waals surface area contributed by atoms with Crippen molar-refractivity contribution < 1.29 is 13.9 Å². The van der Waals surface area contributed by atoms with Gasteiger partial charge in [-0.2, -0.15) is 0 Å². The summed E-state index contributed by atoms with van der Waals surface area (Å²) in [7, 11) is 1.46. The molecule has 0 fully saturated rings. The lowest BCUT2D eigenvalue weighted by molar-refractivity contribution is 0.184. The Kier molecular flexibility index (Phi) is 6.67. The normalized spacial score (nSPS) is 13.8. The molecule has 0 bridgehead atoms. The number of H-pyrrole nitrogens is 1. The van der Waals surface area contributed by atoms with Gasteiger partial charge in [-0.1, -0.05) is 6.07 Å². The first-order chi connectivity index (χ1) is 16.5. The van der Waals surface area contributed by atoms with Gasteiger partial charge in [0.15, 0.2) is 17.3 Å². The fraction of sp³-hybridized carbons (Fsp3) is 0.227. The number of benzene rings is 2. The molecule has 0 aliphatic carbocycles. The van der Waals surface area contributed by atoms with Gasteiger partial charge in [-0.15, -0.1) is 9.78 Å². The molecule has 11 nitrogen and oxygen atoms in total. The van der Waals surface area contributed by atoms with Crippen molar-refractivity contribution in [2.24, 2.45) is 15.7 Å². The third-order valence-electron chi connectivity index (χ3n) is 5.05. The number of methoxy groups -OCH3 is 1. The summed E-state index contributed by atoms with van der Waals surface area (Å²) in [6.45, 7) is -0.520. The van der Waals surface area contributed by atoms with E-state index in [4.69, 9.17) is 20.6 Å². The van der Waals surface area contributed by atoms with E-state index < -0.39 is 18.6 Å². The van der Waals surface area contributed by atoms with Crippen LogP contribution in [0.1, 0.15) is 29.4 Å². The lowest BCUT2D eigenvalue weighted by atomic mass is 10.0. The average Bonchev–Trinajstić information content (AvgIpc) is 3.24. The number of amidine groups is 1. The average molecular weight is 466 g/mol. The number of alkyl halides is 1. The third-order valence-corrected chi connectivity index (χ3v) is 5.05. The van der Waals surface area contributed by atoms with Crippen LogP contribution in [-0.2, 0) is 0 Å². The number of aliphatic imine (C=N–C) groups is 2. The fourth-order valence-electron chi connectivity index (χ4n) is 3.40. The minimum Gasteiger partial charge on any atom is -0.493 e. The Morgan fingerprint density at radius 2 is 2.09 bits per heavy atom. The first-order valence-electron chi connectivity index (χ1n) is 10.3. The van der Waals surface area contributed by atoms with Crippen molar-refractivity contribution in [3.8, 4) is 11.5 Å². The van der Waals surface area contributed by atoms with E-state index in [-0.39, 0.29) is 23.4 Å². The zero-order valence-corrected chi connectivity index (χ0v) is 18.3. The molecule has 2 aromatic carbocycles. The van der Waals surface area contributed by atoms with E-state index in [1.54, 1.807) is 48.7 Å². The fourth-order valence-corrected chi connectivity index (χ4v) is 3.40. The Labute approximate surface area is 193 Å². The van der Waals surface area contributed by atoms with Gasteiger partial charge in [0.1, 0.15) is 11.9 Å². The molecular weight excluding hydrogens is 443 g/mol. The molecule has 1 atom stereocenters. The minimum absolute atomic E-state index is 0.0526. The molecule has 3 aromatic rings. The lowest BCUT2D eigenvalue weighted by Crippen LogP contribution is -2.26. The monoisotopic (exact) mass is 466 g/mol. The number of nitrogens with zero attached hydrogens (tertiary/aromatic N) is 4. The Bertz CT molecular complexity index is 1300. The zero-order valence-electron chi connectivity index (χ0n) is 18.3. The number of ether oxygens (including phenoxy) is 2. The number of hydrogen-bond acceptors (Lipinski definition) is 8. The van der Waals surface area contributed by atoms with Gasteiger partial charge >= 0.3 is 5.69 Å². The van der Waals surface area contributed by atoms with Crippen molar-refractivity contribution in [1.82, 2.24) is 14.8 Å². The number of hydrogen-bond donors (Lipinski definition) is 4. The SMILES string of the molecule is COc1ccc(C(Nc2ccc(C(=N)N)cc2)c2nn(C3=NCCC=N3)c(=O)[nH]2)cc1OCF. The highest BCUT2D eigenvalue weighted by molar-refractivity contribution is 5.95. The second-order valence-corrected chi connectivity index (χ2v) is 7.24. The summed E-state index contributed by atoms with van der Waals surface area (Å²) in [5.74, 6) is 0.975. The van der Waals surface area contributed by atoms with Crippen LogP contribution in [0.5, 0.6) is 11.5 Å². The van der Waals surface area contributed by atoms with Crippen LogP contribution < -0.4 is 26.2 Å². The van der Waals surface area contributed by atoms with E-state index in [0.29, 0.717) is 35.5 Å². The molecule has 0 saturated heterocycles. The minimum atomic E-state index is -1.03. The van der Waals surface area contributed by atoms with Crippen LogP contribution in [0.4, 0.5) is 10.1 Å². The van der Waals surface area contributed by atoms with E-state index in [9.17, 15) is 9.18 Å². The van der Waals surface area contributed by atoms with Gasteiger partial charge in [0.2, 0.25) is 12.8 Å². The zero-order chi connectivity index (χ0) is 24.1. The van der Waals surface area contributed by atoms with Gasteiger partial charge in [-0.3, -0.25) is 10.4 Å². The predicted octanol–water partition coefficient (Wildman–Crippen LogP) is 2.05. The Balaban J connectivity index is 1.76. The number of rotatable bonds is 8. The largest absolute Gasteiger partial charge is 0.493 e. The maximum atomic E-state index is 13.0. The van der Waals surface area contributed by atoms with Gasteiger partial charge in [0, 0.05) is 30.4 Å². The van der Waals surface area contributed by atoms with Crippen LogP contribution in [0, 0.1) is 5.41 Å². The third kappa shape index (κ3) is 4.80. The molecule has 1 unspecified atom stereocenters. The molecular formula is C22H23FN8O3. The summed E-state index contributed by atoms with van der Waals surface area (Å²) in [4.78, 5) is 23.8. The van der Waals surface area contributed by atoms with E-state index in [1.807, 2.05) is 0 Å². The topological polar surface area (TPSA) is 156 Å². The van der Waals surface area contributed by atoms with Crippen molar-refractivity contribution in [2.45, 2.75) is 12.5 Å². The van der Waals surface area contributed by atoms with E-state index in [0.717, 1.165) is 4.68 Å². The van der Waals surface area contributed by atoms with Gasteiger partial charge < -0.3 is 20.5 Å². The van der Waals surface area contributed by atoms with Crippen LogP contribution in [-0.4, -0.2) is 53.3 Å². The number of aromatic nitrogens is 3. The quantitative estimate of drug-likeness (QED) is 0.294. The number of anilines is 1. The van der Waals surface area contributed by atoms with Crippen molar-refractivity contribution in [3.63, 3.8) is 0 Å². The van der Waals surface area contributed by atoms with Crippen molar-refractivity contribution in [2.75, 3.05) is 25.8 Å². The van der Waals surface area contributed by atoms with E-state index >= 15 is 0 Å². The number of halogens is 1. The number of nitrogens with one attached hydrogen (secondary N) is 3. The van der Waals surface area contributed by atoms with Crippen molar-refractivity contribution in [3.05, 3.63) is 69.9 Å². The van der Waals surface area contributed by atoms with Crippen LogP contribution in [0.25, 0.3) is 0 Å². The number of nitrogens with two attached hydrogens (primary N) is 1. The van der Waals surface area contributed by atoms with Crippen LogP contribution >= 0.6 is 0 Å². The highest BCUT2D eigenvalue weighted by Gasteiger charge is 2.23. The highest BCUT2D eigenvalue weighted by Crippen LogP contribution is 2.33. The standard InChI is InChI=1S/C22H23FN8O3/c1-33-16-8-5-14(11-17(16)34-12-23)18(28-15-6-3-13(4-7-15)19(24)25)20-29-22(32)31(30-20)21-26-9-2-10-27-21/h3-9,11,18,28H,2,10,12H2,1H3,(H3,24,25)(H,29,30,32). The Morgan fingerprint density at radius 1 is 1.29 bits per heavy atom. The molecule has 176 valence electrons. The van der Waals surface area contributed by atoms with Crippen molar-refractivity contribution in [1.29, 1.82) is 5.41 Å². The van der Waals surface area contributed by atoms with Crippen molar-refractivity contribution >= 4 is 23.7 Å². The smallest absolute Gasteiger partial charge is 0.350 e. The second kappa shape index (κ2) is 9.98. The molecule has 12 heteroatoms. The number of nitrogen functional groups attached to an aromatic ring is 1. The molecule has 0 spiro atoms. The van der Waals surface area contributed by atoms with Gasteiger partial charge in [0.05, 0.1) is 7.11 Å². The summed E-state index contributed by atoms with van der Waals surface area (Å²) in [5, 5.41) is 15.3. The molecule has 0 saturated carbocycles. The van der Waals surface area contributed by atoms with E-state index in [2.05, 4.69) is 25.4 Å². The summed E-state index contributed by atoms with van der Waals surface area (Å²) in [6.07, 6.45) is 2.37. The first-order valence-corrected chi connectivity index (χ1v) is 10.3. The molecule has 2 heterocycles. The molecule has 34 heavy (non-hydrogen) atoms. The summed E-state index contributed by atoms with van der Waals surface area (Å²) in [6, 6.07) is 11.2. The van der Waals surface area contributed by atoms with Crippen LogP contribution in [0.15, 0.2) is 57.2 Å². The van der Waals surface area contributed by atoms with Gasteiger partial charge in [-0.05, 0) is 42.0 Å². The highest BCUT2D eigenvalue weighted by atomic mass is 19.1. The molecule has 0 amide bonds. The summed E-state index contributed by atoms with van der Waals surface area (Å²) < 4.78 is 24.4. The summed E-state index contributed by atoms with van der Waals surface area (Å²) >= 11 is 0. The molecule has 5 N–H and O–H groups in total. The Morgan fingerprint density at radius 3 is 2.74 bits per heavy atom. The lowest BCUT2D eigenvalue weighted by Gasteiger charge is -2.20. The van der Waals surface area contributed by atoms with E-state index in [1.165, 1.54) is 7.11 Å². The molecule has 1 aliphatic rings. The van der Waals surface area contributed by atoms with Crippen LogP contribution in [0.3, 0.4) is 0 Å². The maximum absolute atomic E-state index is 13.0. The molecule has 1 aromatic heterocycles. The van der Waals surface area contributed by atoms with Crippen LogP contribution in [0.2, 0.25) is 0 Å². The Hall–Kier alpha value is -4.48. The van der Waals surface area contributed by atoms with Gasteiger partial charge in [-0.25, -0.2) is 19.2 Å². The van der Waals surface area contributed by atoms with Gasteiger partial charge in [0.25, 0.3) is 0 Å².